The summed E-state index contributed by atoms with van der Waals surface area (Å²) in [5.74, 6) is 2.56. The van der Waals surface area contributed by atoms with E-state index in [1.165, 1.54) is 19.3 Å². The second kappa shape index (κ2) is 9.77. The van der Waals surface area contributed by atoms with Crippen molar-refractivity contribution < 1.29 is 14.3 Å². The molecule has 3 aliphatic carbocycles. The predicted octanol–water partition coefficient (Wildman–Crippen LogP) is 5.45. The van der Waals surface area contributed by atoms with Gasteiger partial charge in [0.15, 0.2) is 5.78 Å². The van der Waals surface area contributed by atoms with Gasteiger partial charge in [0.2, 0.25) is 0 Å². The number of esters is 1. The smallest absolute Gasteiger partial charge is 0.306 e. The summed E-state index contributed by atoms with van der Waals surface area (Å²) in [6.45, 7) is 8.68. The summed E-state index contributed by atoms with van der Waals surface area (Å²) in [4.78, 5) is 26.5. The number of ether oxygens (including phenoxy) is 1. The van der Waals surface area contributed by atoms with E-state index in [0.29, 0.717) is 48.0 Å². The van der Waals surface area contributed by atoms with Crippen LogP contribution < -0.4 is 5.32 Å². The molecular weight excluding hydrogens is 386 g/mol. The van der Waals surface area contributed by atoms with Gasteiger partial charge in [-0.3, -0.25) is 9.59 Å². The molecule has 2 unspecified atom stereocenters. The molecule has 0 amide bonds. The lowest BCUT2D eigenvalue weighted by Gasteiger charge is -2.44. The predicted molar refractivity (Wildman–Crippen MR) is 123 cm³/mol. The first-order valence-corrected chi connectivity index (χ1v) is 13.1. The number of cyclic esters (lactones) is 1. The van der Waals surface area contributed by atoms with E-state index in [9.17, 15) is 9.59 Å². The van der Waals surface area contributed by atoms with Gasteiger partial charge in [0.05, 0.1) is 6.42 Å². The number of carbonyl (C=O) groups excluding carboxylic acids is 2. The molecule has 1 N–H and O–H groups in total. The normalized spacial score (nSPS) is 41.5. The number of hydrogen-bond donors (Lipinski definition) is 1. The molecule has 31 heavy (non-hydrogen) atoms. The molecule has 4 aliphatic rings. The molecule has 4 rings (SSSR count). The SMILES string of the molecule is CC[C@H]1CCCC[C@@H](C)C(=O)C2=CC3[C@@H]4CCCC4[C@H](NC(C)C)C[C@H]3[C@@H]2CC(=O)O1. The van der Waals surface area contributed by atoms with Crippen LogP contribution in [0.1, 0.15) is 91.9 Å². The molecule has 0 aromatic rings. The van der Waals surface area contributed by atoms with Gasteiger partial charge >= 0.3 is 5.97 Å². The topological polar surface area (TPSA) is 55.4 Å². The molecule has 1 aliphatic heterocycles. The summed E-state index contributed by atoms with van der Waals surface area (Å²) in [5, 5.41) is 3.85. The molecule has 174 valence electrons. The van der Waals surface area contributed by atoms with Crippen LogP contribution in [-0.4, -0.2) is 29.9 Å². The van der Waals surface area contributed by atoms with Crippen molar-refractivity contribution in [2.24, 2.45) is 35.5 Å². The maximum atomic E-state index is 13.5. The van der Waals surface area contributed by atoms with Crippen LogP contribution in [0.2, 0.25) is 0 Å². The molecule has 0 bridgehead atoms. The second-order valence-corrected chi connectivity index (χ2v) is 11.2. The highest BCUT2D eigenvalue weighted by atomic mass is 16.5. The van der Waals surface area contributed by atoms with Gasteiger partial charge < -0.3 is 10.1 Å². The van der Waals surface area contributed by atoms with Gasteiger partial charge in [-0.2, -0.15) is 0 Å². The van der Waals surface area contributed by atoms with Crippen molar-refractivity contribution in [3.05, 3.63) is 11.6 Å². The average molecular weight is 430 g/mol. The summed E-state index contributed by atoms with van der Waals surface area (Å²) in [5.41, 5.74) is 0.976. The average Bonchev–Trinajstić information content (AvgIpc) is 3.34. The summed E-state index contributed by atoms with van der Waals surface area (Å²) < 4.78 is 5.91. The van der Waals surface area contributed by atoms with Crippen LogP contribution in [0.25, 0.3) is 0 Å². The Morgan fingerprint density at radius 1 is 1.03 bits per heavy atom. The van der Waals surface area contributed by atoms with Gasteiger partial charge in [-0.05, 0) is 74.2 Å². The fourth-order valence-corrected chi connectivity index (χ4v) is 7.32. The van der Waals surface area contributed by atoms with E-state index in [4.69, 9.17) is 4.74 Å². The largest absolute Gasteiger partial charge is 0.462 e. The molecule has 1 heterocycles. The Labute approximate surface area is 189 Å². The van der Waals surface area contributed by atoms with E-state index < -0.39 is 0 Å². The third-order valence-electron chi connectivity index (χ3n) is 8.78. The molecule has 4 heteroatoms. The number of nitrogens with one attached hydrogen (secondary N) is 1. The van der Waals surface area contributed by atoms with Crippen molar-refractivity contribution in [1.29, 1.82) is 0 Å². The number of hydrogen-bond acceptors (Lipinski definition) is 4. The lowest BCUT2D eigenvalue weighted by Crippen LogP contribution is -2.49. The zero-order valence-electron chi connectivity index (χ0n) is 20.1. The molecule has 3 fully saturated rings. The van der Waals surface area contributed by atoms with E-state index in [2.05, 4.69) is 39.1 Å². The van der Waals surface area contributed by atoms with Crippen molar-refractivity contribution >= 4 is 11.8 Å². The molecule has 1 saturated heterocycles. The molecular formula is C27H43NO3. The zero-order valence-corrected chi connectivity index (χ0v) is 20.1. The highest BCUT2D eigenvalue weighted by Crippen LogP contribution is 2.56. The van der Waals surface area contributed by atoms with E-state index in [-0.39, 0.29) is 23.9 Å². The molecule has 0 radical (unpaired) electrons. The quantitative estimate of drug-likeness (QED) is 0.606. The van der Waals surface area contributed by atoms with Crippen LogP contribution in [-0.2, 0) is 14.3 Å². The first kappa shape index (κ1) is 23.0. The number of fused-ring (bicyclic) bond motifs is 5. The van der Waals surface area contributed by atoms with E-state index in [0.717, 1.165) is 44.1 Å². The Morgan fingerprint density at radius 2 is 1.77 bits per heavy atom. The van der Waals surface area contributed by atoms with Crippen molar-refractivity contribution in [2.75, 3.05) is 0 Å². The molecule has 0 aromatic heterocycles. The maximum absolute atomic E-state index is 13.5. The Hall–Kier alpha value is -1.16. The van der Waals surface area contributed by atoms with Gasteiger partial charge in [0.1, 0.15) is 6.10 Å². The van der Waals surface area contributed by atoms with Crippen LogP contribution in [0.3, 0.4) is 0 Å². The summed E-state index contributed by atoms with van der Waals surface area (Å²) >= 11 is 0. The Bertz CT molecular complexity index is 699. The highest BCUT2D eigenvalue weighted by Gasteiger charge is 2.52. The first-order chi connectivity index (χ1) is 14.9. The van der Waals surface area contributed by atoms with Crippen LogP contribution >= 0.6 is 0 Å². The number of Topliss-reactive ketones (excluding diaryl/α,β-unsaturated/α-hetero) is 1. The summed E-state index contributed by atoms with van der Waals surface area (Å²) in [6, 6.07) is 0.972. The lowest BCUT2D eigenvalue weighted by molar-refractivity contribution is -0.151. The minimum atomic E-state index is -0.0914. The van der Waals surface area contributed by atoms with Crippen molar-refractivity contribution in [1.82, 2.24) is 5.32 Å². The van der Waals surface area contributed by atoms with Crippen LogP contribution in [0.15, 0.2) is 11.6 Å². The summed E-state index contributed by atoms with van der Waals surface area (Å²) in [7, 11) is 0. The molecule has 8 atom stereocenters. The van der Waals surface area contributed by atoms with Gasteiger partial charge in [-0.15, -0.1) is 0 Å². The monoisotopic (exact) mass is 429 g/mol. The first-order valence-electron chi connectivity index (χ1n) is 13.1. The number of ketones is 1. The maximum Gasteiger partial charge on any atom is 0.306 e. The minimum absolute atomic E-state index is 0.0310. The molecule has 0 spiro atoms. The number of allylic oxidation sites excluding steroid dienone is 2. The van der Waals surface area contributed by atoms with Crippen molar-refractivity contribution in [3.8, 4) is 0 Å². The van der Waals surface area contributed by atoms with Gasteiger partial charge in [-0.25, -0.2) is 0 Å². The lowest BCUT2D eigenvalue weighted by atomic mass is 9.64. The van der Waals surface area contributed by atoms with Gasteiger partial charge in [-0.1, -0.05) is 46.6 Å². The van der Waals surface area contributed by atoms with Crippen LogP contribution in [0, 0.1) is 35.5 Å². The molecule has 4 nitrogen and oxygen atoms in total. The standard InChI is InChI=1S/C27H43NO3/c1-5-18-10-7-6-9-17(4)27(30)24-13-21-19-11-8-12-20(19)25(28-16(2)3)14-22(21)23(24)15-26(29)31-18/h13,16-23,25,28H,5-12,14-15H2,1-4H3/t17-,18+,19-,20?,21?,22-,23+,25-/m1/s1. The third kappa shape index (κ3) is 4.79. The molecule has 0 aromatic carbocycles. The Kier molecular flexibility index (Phi) is 7.25. The minimum Gasteiger partial charge on any atom is -0.462 e. The van der Waals surface area contributed by atoms with Gasteiger partial charge in [0, 0.05) is 23.9 Å². The number of carbonyl (C=O) groups is 2. The van der Waals surface area contributed by atoms with Crippen LogP contribution in [0.5, 0.6) is 0 Å². The number of rotatable bonds is 3. The van der Waals surface area contributed by atoms with Crippen LogP contribution in [0.4, 0.5) is 0 Å². The Balaban J connectivity index is 1.63. The van der Waals surface area contributed by atoms with E-state index in [1.54, 1.807) is 0 Å². The van der Waals surface area contributed by atoms with Crippen molar-refractivity contribution in [2.45, 2.75) is 110 Å². The fourth-order valence-electron chi connectivity index (χ4n) is 7.32. The second-order valence-electron chi connectivity index (χ2n) is 11.2. The summed E-state index contributed by atoms with van der Waals surface area (Å²) in [6.07, 6.45) is 12.5. The Morgan fingerprint density at radius 3 is 2.52 bits per heavy atom. The van der Waals surface area contributed by atoms with E-state index in [1.807, 2.05) is 0 Å². The molecule has 2 saturated carbocycles. The van der Waals surface area contributed by atoms with Crippen molar-refractivity contribution in [3.63, 3.8) is 0 Å². The zero-order chi connectivity index (χ0) is 22.1. The van der Waals surface area contributed by atoms with E-state index >= 15 is 0 Å². The fraction of sp³-hybridized carbons (Fsp3) is 0.852. The third-order valence-corrected chi connectivity index (χ3v) is 8.78. The van der Waals surface area contributed by atoms with Gasteiger partial charge in [0.25, 0.3) is 0 Å². The highest BCUT2D eigenvalue weighted by molar-refractivity contribution is 5.98.